The van der Waals surface area contributed by atoms with Crippen molar-refractivity contribution in [2.45, 2.75) is 20.8 Å². The van der Waals surface area contributed by atoms with Crippen LogP contribution in [0.2, 0.25) is 0 Å². The van der Waals surface area contributed by atoms with Gasteiger partial charge in [-0.1, -0.05) is 6.07 Å². The largest absolute Gasteiger partial charge is 0.493 e. The second kappa shape index (κ2) is 11.3. The van der Waals surface area contributed by atoms with Crippen LogP contribution in [0.1, 0.15) is 36.7 Å². The van der Waals surface area contributed by atoms with E-state index in [4.69, 9.17) is 14.2 Å². The van der Waals surface area contributed by atoms with Crippen molar-refractivity contribution >= 4 is 35.5 Å². The zero-order valence-corrected chi connectivity index (χ0v) is 18.2. The number of esters is 2. The van der Waals surface area contributed by atoms with Gasteiger partial charge in [0.05, 0.1) is 19.3 Å². The third kappa shape index (κ3) is 6.98. The van der Waals surface area contributed by atoms with Gasteiger partial charge in [-0.25, -0.2) is 4.79 Å². The summed E-state index contributed by atoms with van der Waals surface area (Å²) in [4.78, 5) is 47.3. The van der Waals surface area contributed by atoms with Gasteiger partial charge in [0, 0.05) is 19.5 Å². The van der Waals surface area contributed by atoms with Gasteiger partial charge in [-0.3, -0.25) is 14.4 Å². The first kappa shape index (κ1) is 24.1. The summed E-state index contributed by atoms with van der Waals surface area (Å²) in [6, 6.07) is 10.8. The molecule has 32 heavy (non-hydrogen) atoms. The lowest BCUT2D eigenvalue weighted by Gasteiger charge is -2.12. The van der Waals surface area contributed by atoms with E-state index in [9.17, 15) is 19.2 Å². The molecule has 0 aliphatic heterocycles. The zero-order chi connectivity index (χ0) is 23.7. The molecule has 0 saturated carbocycles. The number of hydrogen-bond donors (Lipinski definition) is 2. The zero-order valence-electron chi connectivity index (χ0n) is 18.2. The minimum Gasteiger partial charge on any atom is -0.493 e. The summed E-state index contributed by atoms with van der Waals surface area (Å²) in [6.07, 6.45) is 1.45. The average Bonchev–Trinajstić information content (AvgIpc) is 2.74. The Hall–Kier alpha value is -4.14. The van der Waals surface area contributed by atoms with Crippen molar-refractivity contribution in [1.82, 2.24) is 5.32 Å². The Kier molecular flexibility index (Phi) is 8.53. The van der Waals surface area contributed by atoms with Gasteiger partial charge in [-0.05, 0) is 55.0 Å². The molecule has 0 aliphatic carbocycles. The minimum atomic E-state index is -0.577. The fourth-order valence-corrected chi connectivity index (χ4v) is 2.63. The number of carbonyl (C=O) groups is 4. The van der Waals surface area contributed by atoms with Crippen molar-refractivity contribution in [3.63, 3.8) is 0 Å². The quantitative estimate of drug-likeness (QED) is 0.368. The molecule has 0 atom stereocenters. The topological polar surface area (TPSA) is 120 Å². The highest BCUT2D eigenvalue weighted by Gasteiger charge is 2.14. The number of carbonyl (C=O) groups excluding carboxylic acids is 4. The molecular formula is C23H24N2O7. The Bertz CT molecular complexity index is 1040. The van der Waals surface area contributed by atoms with E-state index in [2.05, 4.69) is 10.6 Å². The molecule has 0 heterocycles. The second-order valence-electron chi connectivity index (χ2n) is 6.50. The molecule has 0 aliphatic rings. The summed E-state index contributed by atoms with van der Waals surface area (Å²) in [5, 5.41) is 5.15. The average molecular weight is 440 g/mol. The van der Waals surface area contributed by atoms with Crippen LogP contribution in [0.5, 0.6) is 11.5 Å². The molecule has 2 amide bonds. The summed E-state index contributed by atoms with van der Waals surface area (Å²) in [5.74, 6) is -1.47. The van der Waals surface area contributed by atoms with Gasteiger partial charge in [-0.15, -0.1) is 0 Å². The number of amides is 2. The summed E-state index contributed by atoms with van der Waals surface area (Å²) in [6.45, 7) is 4.52. The van der Waals surface area contributed by atoms with E-state index in [1.54, 1.807) is 31.2 Å². The standard InChI is InChI=1S/C23H24N2O7/c1-5-31-23(29)17-7-9-18(10-8-17)25-22(28)19(24-14(2)26)12-16-6-11-20(32-15(3)27)21(13-16)30-4/h6-13H,5H2,1-4H3,(H,24,26)(H,25,28). The highest BCUT2D eigenvalue weighted by Crippen LogP contribution is 2.29. The number of rotatable bonds is 8. The van der Waals surface area contributed by atoms with Gasteiger partial charge in [0.25, 0.3) is 5.91 Å². The Labute approximate surface area is 185 Å². The maximum atomic E-state index is 12.8. The van der Waals surface area contributed by atoms with Crippen molar-refractivity contribution < 1.29 is 33.4 Å². The highest BCUT2D eigenvalue weighted by atomic mass is 16.6. The van der Waals surface area contributed by atoms with Crippen LogP contribution in [0.4, 0.5) is 5.69 Å². The maximum absolute atomic E-state index is 12.8. The summed E-state index contributed by atoms with van der Waals surface area (Å²) < 4.78 is 15.2. The molecule has 0 spiro atoms. The molecule has 9 heteroatoms. The minimum absolute atomic E-state index is 0.0192. The fraction of sp³-hybridized carbons (Fsp3) is 0.217. The Morgan fingerprint density at radius 3 is 2.22 bits per heavy atom. The van der Waals surface area contributed by atoms with Gasteiger partial charge in [0.15, 0.2) is 11.5 Å². The molecule has 0 bridgehead atoms. The lowest BCUT2D eigenvalue weighted by atomic mass is 10.1. The van der Waals surface area contributed by atoms with Crippen LogP contribution in [0.25, 0.3) is 6.08 Å². The SMILES string of the molecule is CCOC(=O)c1ccc(NC(=O)C(=Cc2ccc(OC(C)=O)c(OC)c2)NC(C)=O)cc1. The third-order valence-corrected chi connectivity index (χ3v) is 3.96. The molecule has 9 nitrogen and oxygen atoms in total. The van der Waals surface area contributed by atoms with Crippen LogP contribution < -0.4 is 20.1 Å². The first-order chi connectivity index (χ1) is 15.2. The van der Waals surface area contributed by atoms with Crippen molar-refractivity contribution in [3.8, 4) is 11.5 Å². The third-order valence-electron chi connectivity index (χ3n) is 3.96. The van der Waals surface area contributed by atoms with Gasteiger partial charge in [0.1, 0.15) is 5.70 Å². The molecule has 2 aromatic rings. The van der Waals surface area contributed by atoms with Crippen LogP contribution >= 0.6 is 0 Å². The van der Waals surface area contributed by atoms with Crippen molar-refractivity contribution in [2.75, 3.05) is 19.0 Å². The highest BCUT2D eigenvalue weighted by molar-refractivity contribution is 6.08. The first-order valence-electron chi connectivity index (χ1n) is 9.67. The lowest BCUT2D eigenvalue weighted by Crippen LogP contribution is -2.29. The van der Waals surface area contributed by atoms with E-state index < -0.39 is 23.8 Å². The predicted octanol–water partition coefficient (Wildman–Crippen LogP) is 2.91. The molecule has 0 aromatic heterocycles. The van der Waals surface area contributed by atoms with Crippen LogP contribution in [-0.4, -0.2) is 37.5 Å². The predicted molar refractivity (Wildman–Crippen MR) is 117 cm³/mol. The molecule has 2 aromatic carbocycles. The molecule has 2 N–H and O–H groups in total. The summed E-state index contributed by atoms with van der Waals surface area (Å²) in [5.41, 5.74) is 1.27. The molecule has 0 radical (unpaired) electrons. The van der Waals surface area contributed by atoms with E-state index in [0.717, 1.165) is 0 Å². The smallest absolute Gasteiger partial charge is 0.338 e. The normalized spacial score (nSPS) is 10.7. The molecule has 0 fully saturated rings. The summed E-state index contributed by atoms with van der Waals surface area (Å²) in [7, 11) is 1.41. The van der Waals surface area contributed by atoms with Crippen LogP contribution in [-0.2, 0) is 19.1 Å². The molecule has 0 unspecified atom stereocenters. The first-order valence-corrected chi connectivity index (χ1v) is 9.67. The van der Waals surface area contributed by atoms with Crippen LogP contribution in [0, 0.1) is 0 Å². The molecule has 0 saturated heterocycles. The van der Waals surface area contributed by atoms with E-state index in [1.807, 2.05) is 0 Å². The molecule has 168 valence electrons. The maximum Gasteiger partial charge on any atom is 0.338 e. The Morgan fingerprint density at radius 1 is 0.969 bits per heavy atom. The second-order valence-corrected chi connectivity index (χ2v) is 6.50. The van der Waals surface area contributed by atoms with E-state index in [0.29, 0.717) is 16.8 Å². The number of methoxy groups -OCH3 is 1. The summed E-state index contributed by atoms with van der Waals surface area (Å²) >= 11 is 0. The van der Waals surface area contributed by atoms with Crippen molar-refractivity contribution in [2.24, 2.45) is 0 Å². The van der Waals surface area contributed by atoms with Gasteiger partial charge in [0.2, 0.25) is 5.91 Å². The molecule has 2 rings (SSSR count). The van der Waals surface area contributed by atoms with Crippen LogP contribution in [0.15, 0.2) is 48.2 Å². The van der Waals surface area contributed by atoms with E-state index >= 15 is 0 Å². The number of benzene rings is 2. The van der Waals surface area contributed by atoms with Gasteiger partial charge in [-0.2, -0.15) is 0 Å². The Morgan fingerprint density at radius 2 is 1.66 bits per heavy atom. The molecular weight excluding hydrogens is 416 g/mol. The number of hydrogen-bond acceptors (Lipinski definition) is 7. The fourth-order valence-electron chi connectivity index (χ4n) is 2.63. The van der Waals surface area contributed by atoms with E-state index in [1.165, 1.54) is 45.2 Å². The van der Waals surface area contributed by atoms with Gasteiger partial charge < -0.3 is 24.8 Å². The van der Waals surface area contributed by atoms with Crippen LogP contribution in [0.3, 0.4) is 0 Å². The number of anilines is 1. The lowest BCUT2D eigenvalue weighted by molar-refractivity contribution is -0.132. The number of ether oxygens (including phenoxy) is 3. The van der Waals surface area contributed by atoms with Crippen molar-refractivity contribution in [3.05, 3.63) is 59.3 Å². The monoisotopic (exact) mass is 440 g/mol. The Balaban J connectivity index is 2.26. The number of nitrogens with one attached hydrogen (secondary N) is 2. The van der Waals surface area contributed by atoms with Crippen molar-refractivity contribution in [1.29, 1.82) is 0 Å². The van der Waals surface area contributed by atoms with Gasteiger partial charge >= 0.3 is 11.9 Å². The van der Waals surface area contributed by atoms with E-state index in [-0.39, 0.29) is 23.8 Å².